The van der Waals surface area contributed by atoms with E-state index in [1.807, 2.05) is 4.90 Å². The highest BCUT2D eigenvalue weighted by molar-refractivity contribution is 5.97. The summed E-state index contributed by atoms with van der Waals surface area (Å²) in [6.07, 6.45) is 0. The lowest BCUT2D eigenvalue weighted by Crippen LogP contribution is -2.35. The van der Waals surface area contributed by atoms with Crippen LogP contribution in [-0.2, 0) is 4.74 Å². The lowest BCUT2D eigenvalue weighted by molar-refractivity contribution is 0.0734. The van der Waals surface area contributed by atoms with Crippen LogP contribution in [0.15, 0.2) is 18.2 Å². The van der Waals surface area contributed by atoms with Gasteiger partial charge in [0.1, 0.15) is 0 Å². The van der Waals surface area contributed by atoms with Gasteiger partial charge >= 0.3 is 0 Å². The number of ether oxygens (including phenoxy) is 3. The predicted molar refractivity (Wildman–Crippen MR) is 75.4 cm³/mol. The van der Waals surface area contributed by atoms with Gasteiger partial charge < -0.3 is 19.1 Å². The van der Waals surface area contributed by atoms with Crippen LogP contribution in [0.25, 0.3) is 0 Å². The van der Waals surface area contributed by atoms with Gasteiger partial charge in [-0.05, 0) is 18.1 Å². The van der Waals surface area contributed by atoms with Gasteiger partial charge in [-0.1, -0.05) is 13.0 Å². The van der Waals surface area contributed by atoms with Crippen molar-refractivity contribution in [3.63, 3.8) is 0 Å². The minimum Gasteiger partial charge on any atom is -0.493 e. The number of nitrogens with zero attached hydrogens (tertiary/aromatic N) is 1. The molecule has 1 aromatic rings. The fraction of sp³-hybridized carbons (Fsp3) is 0.533. The summed E-state index contributed by atoms with van der Waals surface area (Å²) in [5.74, 6) is 1.34. The SMILES string of the molecule is COc1cccc(C(=O)N2CCOCC(C)C2)c1OC. The van der Waals surface area contributed by atoms with E-state index in [1.165, 1.54) is 0 Å². The largest absolute Gasteiger partial charge is 0.493 e. The van der Waals surface area contributed by atoms with Crippen LogP contribution in [0.2, 0.25) is 0 Å². The van der Waals surface area contributed by atoms with E-state index in [1.54, 1.807) is 32.4 Å². The van der Waals surface area contributed by atoms with E-state index < -0.39 is 0 Å². The molecule has 1 aliphatic rings. The number of hydrogen-bond acceptors (Lipinski definition) is 4. The van der Waals surface area contributed by atoms with Crippen LogP contribution >= 0.6 is 0 Å². The number of methoxy groups -OCH3 is 2. The number of rotatable bonds is 3. The average Bonchev–Trinajstić information content (AvgIpc) is 2.70. The molecule has 1 atom stereocenters. The molecule has 1 aliphatic heterocycles. The van der Waals surface area contributed by atoms with Crippen molar-refractivity contribution in [2.24, 2.45) is 5.92 Å². The Morgan fingerprint density at radius 2 is 2.15 bits per heavy atom. The van der Waals surface area contributed by atoms with Gasteiger partial charge in [0.15, 0.2) is 11.5 Å². The number of para-hydroxylation sites is 1. The van der Waals surface area contributed by atoms with E-state index in [0.29, 0.717) is 49.3 Å². The van der Waals surface area contributed by atoms with Crippen LogP contribution in [0.5, 0.6) is 11.5 Å². The summed E-state index contributed by atoms with van der Waals surface area (Å²) in [4.78, 5) is 14.5. The summed E-state index contributed by atoms with van der Waals surface area (Å²) >= 11 is 0. The molecule has 2 rings (SSSR count). The van der Waals surface area contributed by atoms with Gasteiger partial charge in [-0.15, -0.1) is 0 Å². The quantitative estimate of drug-likeness (QED) is 0.846. The third-order valence-corrected chi connectivity index (χ3v) is 3.36. The van der Waals surface area contributed by atoms with Crippen molar-refractivity contribution >= 4 is 5.91 Å². The highest BCUT2D eigenvalue weighted by atomic mass is 16.5. The Kier molecular flexibility index (Phi) is 4.84. The minimum atomic E-state index is -0.0434. The number of carbonyl (C=O) groups is 1. The molecule has 110 valence electrons. The Morgan fingerprint density at radius 1 is 1.35 bits per heavy atom. The second-order valence-corrected chi connectivity index (χ2v) is 4.97. The summed E-state index contributed by atoms with van der Waals surface area (Å²) in [5.41, 5.74) is 0.529. The zero-order chi connectivity index (χ0) is 14.5. The fourth-order valence-corrected chi connectivity index (χ4v) is 2.39. The second kappa shape index (κ2) is 6.61. The topological polar surface area (TPSA) is 48.0 Å². The van der Waals surface area contributed by atoms with Gasteiger partial charge in [-0.2, -0.15) is 0 Å². The van der Waals surface area contributed by atoms with Gasteiger partial charge in [-0.3, -0.25) is 4.79 Å². The summed E-state index contributed by atoms with van der Waals surface area (Å²) < 4.78 is 16.0. The highest BCUT2D eigenvalue weighted by Crippen LogP contribution is 2.31. The van der Waals surface area contributed by atoms with E-state index in [0.717, 1.165) is 0 Å². The summed E-state index contributed by atoms with van der Waals surface area (Å²) in [6, 6.07) is 5.34. The maximum Gasteiger partial charge on any atom is 0.257 e. The van der Waals surface area contributed by atoms with Crippen LogP contribution in [0, 0.1) is 5.92 Å². The normalized spacial score (nSPS) is 19.4. The van der Waals surface area contributed by atoms with Gasteiger partial charge in [0.25, 0.3) is 5.91 Å². The third kappa shape index (κ3) is 3.04. The highest BCUT2D eigenvalue weighted by Gasteiger charge is 2.24. The first-order chi connectivity index (χ1) is 9.67. The molecule has 0 N–H and O–H groups in total. The van der Waals surface area contributed by atoms with Crippen molar-refractivity contribution in [3.8, 4) is 11.5 Å². The summed E-state index contributed by atoms with van der Waals surface area (Å²) in [5, 5.41) is 0. The smallest absolute Gasteiger partial charge is 0.257 e. The number of hydrogen-bond donors (Lipinski definition) is 0. The number of benzene rings is 1. The van der Waals surface area contributed by atoms with Crippen LogP contribution < -0.4 is 9.47 Å². The van der Waals surface area contributed by atoms with Gasteiger partial charge in [0.05, 0.1) is 33.0 Å². The summed E-state index contributed by atoms with van der Waals surface area (Å²) in [7, 11) is 3.11. The molecular weight excluding hydrogens is 258 g/mol. The standard InChI is InChI=1S/C15H21NO4/c1-11-9-16(7-8-20-10-11)15(17)12-5-4-6-13(18-2)14(12)19-3/h4-6,11H,7-10H2,1-3H3. The van der Waals surface area contributed by atoms with Crippen LogP contribution in [-0.4, -0.2) is 51.3 Å². The van der Waals surface area contributed by atoms with Crippen molar-refractivity contribution in [2.75, 3.05) is 40.5 Å². The molecule has 1 unspecified atom stereocenters. The van der Waals surface area contributed by atoms with Crippen LogP contribution in [0.1, 0.15) is 17.3 Å². The molecule has 0 aliphatic carbocycles. The number of carbonyl (C=O) groups excluding carboxylic acids is 1. The van der Waals surface area contributed by atoms with E-state index in [4.69, 9.17) is 14.2 Å². The first-order valence-corrected chi connectivity index (χ1v) is 6.75. The molecule has 1 aromatic carbocycles. The van der Waals surface area contributed by atoms with Crippen LogP contribution in [0.3, 0.4) is 0 Å². The Hall–Kier alpha value is -1.75. The third-order valence-electron chi connectivity index (χ3n) is 3.36. The van der Waals surface area contributed by atoms with E-state index in [-0.39, 0.29) is 5.91 Å². The van der Waals surface area contributed by atoms with E-state index in [2.05, 4.69) is 6.92 Å². The van der Waals surface area contributed by atoms with Crippen molar-refractivity contribution in [3.05, 3.63) is 23.8 Å². The zero-order valence-corrected chi connectivity index (χ0v) is 12.2. The molecule has 0 bridgehead atoms. The molecule has 1 heterocycles. The lowest BCUT2D eigenvalue weighted by atomic mass is 10.1. The van der Waals surface area contributed by atoms with Gasteiger partial charge in [0.2, 0.25) is 0 Å². The fourth-order valence-electron chi connectivity index (χ4n) is 2.39. The van der Waals surface area contributed by atoms with Gasteiger partial charge in [-0.25, -0.2) is 0 Å². The molecule has 5 nitrogen and oxygen atoms in total. The Balaban J connectivity index is 2.28. The molecule has 1 amide bonds. The maximum atomic E-state index is 12.7. The van der Waals surface area contributed by atoms with Crippen molar-refractivity contribution in [1.82, 2.24) is 4.90 Å². The van der Waals surface area contributed by atoms with Crippen molar-refractivity contribution in [2.45, 2.75) is 6.92 Å². The summed E-state index contributed by atoms with van der Waals surface area (Å²) in [6.45, 7) is 4.64. The Morgan fingerprint density at radius 3 is 2.85 bits per heavy atom. The predicted octanol–water partition coefficient (Wildman–Crippen LogP) is 1.81. The van der Waals surface area contributed by atoms with E-state index >= 15 is 0 Å². The minimum absolute atomic E-state index is 0.0434. The lowest BCUT2D eigenvalue weighted by Gasteiger charge is -2.23. The molecule has 0 radical (unpaired) electrons. The molecule has 1 saturated heterocycles. The second-order valence-electron chi connectivity index (χ2n) is 4.97. The Labute approximate surface area is 119 Å². The molecule has 1 fully saturated rings. The van der Waals surface area contributed by atoms with Gasteiger partial charge in [0, 0.05) is 13.1 Å². The first-order valence-electron chi connectivity index (χ1n) is 6.75. The van der Waals surface area contributed by atoms with Crippen molar-refractivity contribution in [1.29, 1.82) is 0 Å². The molecule has 0 spiro atoms. The monoisotopic (exact) mass is 279 g/mol. The number of amides is 1. The zero-order valence-electron chi connectivity index (χ0n) is 12.2. The van der Waals surface area contributed by atoms with Crippen LogP contribution in [0.4, 0.5) is 0 Å². The molecule has 0 saturated carbocycles. The molecule has 0 aromatic heterocycles. The first kappa shape index (κ1) is 14.7. The average molecular weight is 279 g/mol. The Bertz CT molecular complexity index is 475. The molecular formula is C15H21NO4. The van der Waals surface area contributed by atoms with Crippen molar-refractivity contribution < 1.29 is 19.0 Å². The van der Waals surface area contributed by atoms with E-state index in [9.17, 15) is 4.79 Å². The molecule has 20 heavy (non-hydrogen) atoms. The maximum absolute atomic E-state index is 12.7. The molecule has 5 heteroatoms.